The number of hydrogen-bond donors (Lipinski definition) is 3. The molecule has 0 aliphatic carbocycles. The molecule has 0 saturated heterocycles. The van der Waals surface area contributed by atoms with E-state index >= 15 is 0 Å². The van der Waals surface area contributed by atoms with Crippen LogP contribution in [0.3, 0.4) is 0 Å². The number of aliphatic imine (C=N–C) groups is 1. The highest BCUT2D eigenvalue weighted by atomic mass is 127. The molecule has 0 spiro atoms. The molecule has 1 amide bonds. The summed E-state index contributed by atoms with van der Waals surface area (Å²) >= 11 is 0. The van der Waals surface area contributed by atoms with Crippen molar-refractivity contribution in [1.29, 1.82) is 0 Å². The first kappa shape index (κ1) is 29.2. The van der Waals surface area contributed by atoms with Crippen molar-refractivity contribution in [2.45, 2.75) is 53.2 Å². The predicted octanol–water partition coefficient (Wildman–Crippen LogP) is 3.61. The van der Waals surface area contributed by atoms with Gasteiger partial charge in [0.05, 0.1) is 13.2 Å². The molecule has 1 rings (SSSR count). The van der Waals surface area contributed by atoms with Gasteiger partial charge in [-0.2, -0.15) is 0 Å². The van der Waals surface area contributed by atoms with Crippen LogP contribution in [0.25, 0.3) is 0 Å². The van der Waals surface area contributed by atoms with Gasteiger partial charge >= 0.3 is 6.09 Å². The topological polar surface area (TPSA) is 93.2 Å². The molecule has 178 valence electrons. The number of halogens is 1. The molecule has 1 aromatic rings. The van der Waals surface area contributed by atoms with Gasteiger partial charge in [-0.25, -0.2) is 9.79 Å². The molecule has 0 aliphatic rings. The molecule has 3 N–H and O–H groups in total. The first-order chi connectivity index (χ1) is 14.2. The van der Waals surface area contributed by atoms with Gasteiger partial charge in [-0.15, -0.1) is 24.0 Å². The monoisotopic (exact) mass is 550 g/mol. The summed E-state index contributed by atoms with van der Waals surface area (Å²) in [7, 11) is 1.69. The molecule has 0 aliphatic heterocycles. The Hall–Kier alpha value is -1.75. The fourth-order valence-electron chi connectivity index (χ4n) is 2.48. The standard InChI is InChI=1S/C22H38N4O4.HI/c1-7-23-20(24-11-12-25-21(27)30-22(3,4)5)26-16-18-10-9-17(2)15-19(18)29-14-8-13-28-6;/h9-10,15H,7-8,11-14,16H2,1-6H3,(H,25,27)(H2,23,24,26);1H. The van der Waals surface area contributed by atoms with E-state index in [-0.39, 0.29) is 24.0 Å². The summed E-state index contributed by atoms with van der Waals surface area (Å²) in [5.41, 5.74) is 1.65. The molecule has 0 bridgehead atoms. The third-order valence-electron chi connectivity index (χ3n) is 3.81. The maximum Gasteiger partial charge on any atom is 0.407 e. The van der Waals surface area contributed by atoms with Crippen LogP contribution in [0, 0.1) is 6.92 Å². The van der Waals surface area contributed by atoms with Crippen molar-refractivity contribution in [2.75, 3.05) is 40.0 Å². The predicted molar refractivity (Wildman–Crippen MR) is 136 cm³/mol. The minimum Gasteiger partial charge on any atom is -0.493 e. The first-order valence-electron chi connectivity index (χ1n) is 10.5. The Kier molecular flexibility index (Phi) is 15.1. The molecule has 0 saturated carbocycles. The Balaban J connectivity index is 0.00000900. The lowest BCUT2D eigenvalue weighted by Gasteiger charge is -2.20. The van der Waals surface area contributed by atoms with Crippen molar-refractivity contribution in [2.24, 2.45) is 4.99 Å². The van der Waals surface area contributed by atoms with Crippen LogP contribution in [0.1, 0.15) is 45.2 Å². The van der Waals surface area contributed by atoms with Gasteiger partial charge in [0.1, 0.15) is 11.4 Å². The number of methoxy groups -OCH3 is 1. The summed E-state index contributed by atoms with van der Waals surface area (Å²) in [4.78, 5) is 16.3. The van der Waals surface area contributed by atoms with Crippen molar-refractivity contribution in [3.63, 3.8) is 0 Å². The number of guanidine groups is 1. The number of nitrogens with one attached hydrogen (secondary N) is 3. The summed E-state index contributed by atoms with van der Waals surface area (Å²) in [5.74, 6) is 1.52. The number of nitrogens with zero attached hydrogens (tertiary/aromatic N) is 1. The summed E-state index contributed by atoms with van der Waals surface area (Å²) in [6, 6.07) is 6.12. The van der Waals surface area contributed by atoms with Gasteiger partial charge in [0, 0.05) is 45.3 Å². The van der Waals surface area contributed by atoms with Gasteiger partial charge < -0.3 is 30.2 Å². The van der Waals surface area contributed by atoms with Crippen molar-refractivity contribution in [3.05, 3.63) is 29.3 Å². The Morgan fingerprint density at radius 3 is 2.45 bits per heavy atom. The van der Waals surface area contributed by atoms with Crippen LogP contribution < -0.4 is 20.7 Å². The second-order valence-corrected chi connectivity index (χ2v) is 7.86. The Labute approximate surface area is 203 Å². The van der Waals surface area contributed by atoms with Gasteiger partial charge in [0.25, 0.3) is 0 Å². The largest absolute Gasteiger partial charge is 0.493 e. The van der Waals surface area contributed by atoms with Crippen LogP contribution in [0.5, 0.6) is 5.75 Å². The van der Waals surface area contributed by atoms with E-state index in [0.717, 1.165) is 29.8 Å². The molecule has 0 heterocycles. The first-order valence-corrected chi connectivity index (χ1v) is 10.5. The fraction of sp³-hybridized carbons (Fsp3) is 0.636. The van der Waals surface area contributed by atoms with E-state index in [1.54, 1.807) is 7.11 Å². The molecule has 8 nitrogen and oxygen atoms in total. The normalized spacial score (nSPS) is 11.4. The Bertz CT molecular complexity index is 678. The highest BCUT2D eigenvalue weighted by molar-refractivity contribution is 14.0. The summed E-state index contributed by atoms with van der Waals surface area (Å²) in [5, 5.41) is 9.14. The molecule has 1 aromatic carbocycles. The van der Waals surface area contributed by atoms with Crippen molar-refractivity contribution >= 4 is 36.0 Å². The maximum absolute atomic E-state index is 11.7. The van der Waals surface area contributed by atoms with Gasteiger partial charge in [0.2, 0.25) is 0 Å². The molecule has 0 atom stereocenters. The summed E-state index contributed by atoms with van der Waals surface area (Å²) in [6.45, 7) is 13.0. The number of carbonyl (C=O) groups is 1. The van der Waals surface area contributed by atoms with Crippen molar-refractivity contribution in [3.8, 4) is 5.75 Å². The minimum absolute atomic E-state index is 0. The van der Waals surface area contributed by atoms with E-state index in [0.29, 0.717) is 38.8 Å². The highest BCUT2D eigenvalue weighted by Gasteiger charge is 2.15. The third-order valence-corrected chi connectivity index (χ3v) is 3.81. The average molecular weight is 550 g/mol. The molecule has 9 heteroatoms. The zero-order valence-electron chi connectivity index (χ0n) is 19.7. The number of benzene rings is 1. The minimum atomic E-state index is -0.509. The number of alkyl carbamates (subject to hydrolysis) is 1. The number of carbonyl (C=O) groups excluding carboxylic acids is 1. The van der Waals surface area contributed by atoms with Crippen LogP contribution >= 0.6 is 24.0 Å². The van der Waals surface area contributed by atoms with Crippen molar-refractivity contribution < 1.29 is 19.0 Å². The quantitative estimate of drug-likeness (QED) is 0.169. The molecule has 31 heavy (non-hydrogen) atoms. The molecule has 0 radical (unpaired) electrons. The average Bonchev–Trinajstić information content (AvgIpc) is 2.66. The van der Waals surface area contributed by atoms with Gasteiger partial charge in [-0.1, -0.05) is 12.1 Å². The van der Waals surface area contributed by atoms with E-state index in [1.165, 1.54) is 0 Å². The smallest absolute Gasteiger partial charge is 0.407 e. The van der Waals surface area contributed by atoms with E-state index < -0.39 is 11.7 Å². The number of rotatable bonds is 11. The third kappa shape index (κ3) is 14.0. The Morgan fingerprint density at radius 2 is 1.81 bits per heavy atom. The van der Waals surface area contributed by atoms with Crippen LogP contribution in [0.4, 0.5) is 4.79 Å². The molecule has 0 aromatic heterocycles. The molecule has 0 unspecified atom stereocenters. The molecular formula is C22H39IN4O4. The van der Waals surface area contributed by atoms with E-state index in [2.05, 4.69) is 27.0 Å². The summed E-state index contributed by atoms with van der Waals surface area (Å²) in [6.07, 6.45) is 0.406. The van der Waals surface area contributed by atoms with Crippen LogP contribution in [0.2, 0.25) is 0 Å². The maximum atomic E-state index is 11.7. The number of hydrogen-bond acceptors (Lipinski definition) is 5. The van der Waals surface area contributed by atoms with E-state index in [1.807, 2.05) is 46.8 Å². The van der Waals surface area contributed by atoms with E-state index in [9.17, 15) is 4.79 Å². The van der Waals surface area contributed by atoms with Gasteiger partial charge in [0.15, 0.2) is 5.96 Å². The number of amides is 1. The fourth-order valence-corrected chi connectivity index (χ4v) is 2.48. The van der Waals surface area contributed by atoms with Crippen LogP contribution in [-0.2, 0) is 16.0 Å². The number of ether oxygens (including phenoxy) is 3. The Morgan fingerprint density at radius 1 is 1.10 bits per heavy atom. The van der Waals surface area contributed by atoms with Crippen LogP contribution in [0.15, 0.2) is 23.2 Å². The molecular weight excluding hydrogens is 511 g/mol. The summed E-state index contributed by atoms with van der Waals surface area (Å²) < 4.78 is 16.2. The second-order valence-electron chi connectivity index (χ2n) is 7.86. The van der Waals surface area contributed by atoms with Gasteiger partial charge in [-0.3, -0.25) is 0 Å². The lowest BCUT2D eigenvalue weighted by atomic mass is 10.1. The highest BCUT2D eigenvalue weighted by Crippen LogP contribution is 2.21. The SMILES string of the molecule is CCNC(=NCc1ccc(C)cc1OCCCOC)NCCNC(=O)OC(C)(C)C.I. The lowest BCUT2D eigenvalue weighted by Crippen LogP contribution is -2.42. The zero-order chi connectivity index (χ0) is 22.4. The van der Waals surface area contributed by atoms with E-state index in [4.69, 9.17) is 14.2 Å². The van der Waals surface area contributed by atoms with Gasteiger partial charge in [-0.05, 0) is 46.2 Å². The number of aryl methyl sites for hydroxylation is 1. The second kappa shape index (κ2) is 16.0. The lowest BCUT2D eigenvalue weighted by molar-refractivity contribution is 0.0529. The molecule has 0 fully saturated rings. The zero-order valence-corrected chi connectivity index (χ0v) is 22.0. The van der Waals surface area contributed by atoms with Crippen molar-refractivity contribution in [1.82, 2.24) is 16.0 Å². The van der Waals surface area contributed by atoms with Crippen LogP contribution in [-0.4, -0.2) is 57.6 Å².